The number of pyridine rings is 1. The number of carboxylic acid groups (broad SMARTS) is 1. The summed E-state index contributed by atoms with van der Waals surface area (Å²) >= 11 is 5.35. The minimum absolute atomic E-state index is 0.0848. The Morgan fingerprint density at radius 2 is 1.90 bits per heavy atom. The number of aryl methyl sites for hydroxylation is 1. The van der Waals surface area contributed by atoms with Crippen molar-refractivity contribution in [2.24, 2.45) is 0 Å². The molecule has 4 rings (SSSR count). The van der Waals surface area contributed by atoms with Crippen LogP contribution in [-0.4, -0.2) is 25.6 Å². The molecule has 0 aliphatic heterocycles. The zero-order chi connectivity index (χ0) is 20.7. The second kappa shape index (κ2) is 7.06. The summed E-state index contributed by atoms with van der Waals surface area (Å²) in [5, 5.41) is 9.64. The number of benzene rings is 2. The Kier molecular flexibility index (Phi) is 4.56. The molecule has 0 aliphatic carbocycles. The summed E-state index contributed by atoms with van der Waals surface area (Å²) in [4.78, 5) is 31.6. The maximum Gasteiger partial charge on any atom is 0.336 e. The Morgan fingerprint density at radius 1 is 1.17 bits per heavy atom. The molecule has 2 aromatic carbocycles. The van der Waals surface area contributed by atoms with Crippen molar-refractivity contribution in [1.82, 2.24) is 14.5 Å². The van der Waals surface area contributed by atoms with Crippen LogP contribution in [0.4, 0.5) is 4.39 Å². The van der Waals surface area contributed by atoms with Gasteiger partial charge in [0.2, 0.25) is 0 Å². The van der Waals surface area contributed by atoms with Crippen LogP contribution in [0.2, 0.25) is 0 Å². The molecule has 2 N–H and O–H groups in total. The van der Waals surface area contributed by atoms with E-state index in [2.05, 4.69) is 9.97 Å². The van der Waals surface area contributed by atoms with Gasteiger partial charge in [-0.2, -0.15) is 0 Å². The van der Waals surface area contributed by atoms with Crippen LogP contribution in [0.25, 0.3) is 28.0 Å². The monoisotopic (exact) mass is 407 g/mol. The highest BCUT2D eigenvalue weighted by Crippen LogP contribution is 2.25. The van der Waals surface area contributed by atoms with E-state index >= 15 is 0 Å². The lowest BCUT2D eigenvalue weighted by molar-refractivity contribution is 0.0699. The minimum atomic E-state index is -1.28. The van der Waals surface area contributed by atoms with E-state index in [1.165, 1.54) is 34.9 Å². The largest absolute Gasteiger partial charge is 0.478 e. The summed E-state index contributed by atoms with van der Waals surface area (Å²) in [5.74, 6) is -1.70. The van der Waals surface area contributed by atoms with Gasteiger partial charge in [-0.05, 0) is 67.2 Å². The number of carboxylic acids is 1. The van der Waals surface area contributed by atoms with E-state index in [4.69, 9.17) is 12.2 Å². The van der Waals surface area contributed by atoms with Crippen molar-refractivity contribution in [3.8, 4) is 16.9 Å². The van der Waals surface area contributed by atoms with Crippen LogP contribution in [0.1, 0.15) is 15.9 Å². The summed E-state index contributed by atoms with van der Waals surface area (Å²) < 4.78 is 14.9. The SMILES string of the molecule is Cc1cccc(-n2c(=S)[nH]c(=O)c3c(C(=O)O)cc(-c4ccc(F)cc4)nc32)c1. The highest BCUT2D eigenvalue weighted by molar-refractivity contribution is 7.71. The molecule has 0 saturated heterocycles. The average Bonchev–Trinajstić information content (AvgIpc) is 2.67. The molecule has 0 atom stereocenters. The Morgan fingerprint density at radius 3 is 2.55 bits per heavy atom. The molecular weight excluding hydrogens is 393 g/mol. The average molecular weight is 407 g/mol. The van der Waals surface area contributed by atoms with E-state index in [-0.39, 0.29) is 27.1 Å². The molecule has 0 aliphatic rings. The van der Waals surface area contributed by atoms with E-state index in [1.807, 2.05) is 25.1 Å². The topological polar surface area (TPSA) is 88.0 Å². The number of fused-ring (bicyclic) bond motifs is 1. The number of aromatic nitrogens is 3. The van der Waals surface area contributed by atoms with Gasteiger partial charge in [0.1, 0.15) is 5.82 Å². The molecule has 0 spiro atoms. The molecule has 4 aromatic rings. The molecule has 0 radical (unpaired) electrons. The third kappa shape index (κ3) is 3.34. The first kappa shape index (κ1) is 18.7. The summed E-state index contributed by atoms with van der Waals surface area (Å²) in [6, 6.07) is 14.2. The maximum atomic E-state index is 13.3. The van der Waals surface area contributed by atoms with Gasteiger partial charge in [0.25, 0.3) is 5.56 Å². The van der Waals surface area contributed by atoms with E-state index in [9.17, 15) is 19.1 Å². The summed E-state index contributed by atoms with van der Waals surface area (Å²) in [6.45, 7) is 1.90. The van der Waals surface area contributed by atoms with E-state index in [0.717, 1.165) is 5.56 Å². The third-order valence-electron chi connectivity index (χ3n) is 4.49. The first-order valence-corrected chi connectivity index (χ1v) is 9.02. The van der Waals surface area contributed by atoms with Crippen LogP contribution < -0.4 is 5.56 Å². The van der Waals surface area contributed by atoms with Gasteiger partial charge < -0.3 is 5.11 Å². The second-order valence-electron chi connectivity index (χ2n) is 6.50. The number of H-pyrrole nitrogens is 1. The van der Waals surface area contributed by atoms with E-state index in [0.29, 0.717) is 11.3 Å². The van der Waals surface area contributed by atoms with Gasteiger partial charge in [-0.3, -0.25) is 14.3 Å². The lowest BCUT2D eigenvalue weighted by Gasteiger charge is -2.14. The van der Waals surface area contributed by atoms with Crippen LogP contribution >= 0.6 is 12.2 Å². The number of halogens is 1. The second-order valence-corrected chi connectivity index (χ2v) is 6.89. The smallest absolute Gasteiger partial charge is 0.336 e. The van der Waals surface area contributed by atoms with Crippen molar-refractivity contribution in [3.05, 3.63) is 86.7 Å². The van der Waals surface area contributed by atoms with Crippen LogP contribution in [0, 0.1) is 17.5 Å². The standard InChI is InChI=1S/C21H14FN3O3S/c1-11-3-2-4-14(9-11)25-18-17(19(26)24-21(25)29)15(20(27)28)10-16(23-18)12-5-7-13(22)8-6-12/h2-10H,1H3,(H,27,28)(H,24,26,29). The van der Waals surface area contributed by atoms with Crippen LogP contribution in [-0.2, 0) is 0 Å². The minimum Gasteiger partial charge on any atom is -0.478 e. The van der Waals surface area contributed by atoms with E-state index in [1.54, 1.807) is 6.07 Å². The number of hydrogen-bond acceptors (Lipinski definition) is 4. The molecule has 2 aromatic heterocycles. The number of rotatable bonds is 3. The molecule has 0 unspecified atom stereocenters. The lowest BCUT2D eigenvalue weighted by atomic mass is 10.1. The van der Waals surface area contributed by atoms with Gasteiger partial charge in [-0.15, -0.1) is 0 Å². The lowest BCUT2D eigenvalue weighted by Crippen LogP contribution is -2.18. The van der Waals surface area contributed by atoms with Crippen molar-refractivity contribution >= 4 is 29.2 Å². The molecule has 0 bridgehead atoms. The molecule has 2 heterocycles. The number of aromatic carboxylic acids is 1. The first-order valence-electron chi connectivity index (χ1n) is 8.61. The van der Waals surface area contributed by atoms with Crippen molar-refractivity contribution in [2.75, 3.05) is 0 Å². The van der Waals surface area contributed by atoms with Gasteiger partial charge >= 0.3 is 5.97 Å². The molecule has 29 heavy (non-hydrogen) atoms. The van der Waals surface area contributed by atoms with Gasteiger partial charge in [-0.25, -0.2) is 14.2 Å². The maximum absolute atomic E-state index is 13.3. The van der Waals surface area contributed by atoms with Crippen molar-refractivity contribution < 1.29 is 14.3 Å². The first-order chi connectivity index (χ1) is 13.8. The van der Waals surface area contributed by atoms with Crippen molar-refractivity contribution in [1.29, 1.82) is 0 Å². The normalized spacial score (nSPS) is 11.0. The Bertz CT molecular complexity index is 1390. The number of nitrogens with zero attached hydrogens (tertiary/aromatic N) is 2. The molecule has 6 nitrogen and oxygen atoms in total. The number of hydrogen-bond donors (Lipinski definition) is 2. The molecule has 0 amide bonds. The number of carbonyl (C=O) groups is 1. The van der Waals surface area contributed by atoms with Gasteiger partial charge in [0, 0.05) is 5.56 Å². The van der Waals surface area contributed by atoms with Gasteiger partial charge in [0.15, 0.2) is 10.4 Å². The summed E-state index contributed by atoms with van der Waals surface area (Å²) in [5.41, 5.74) is 1.65. The Balaban J connectivity index is 2.16. The molecule has 0 saturated carbocycles. The zero-order valence-electron chi connectivity index (χ0n) is 15.1. The fourth-order valence-electron chi connectivity index (χ4n) is 3.17. The Labute approximate surface area is 168 Å². The predicted octanol–water partition coefficient (Wildman–Crippen LogP) is 4.26. The number of nitrogens with one attached hydrogen (secondary N) is 1. The van der Waals surface area contributed by atoms with Crippen molar-refractivity contribution in [3.63, 3.8) is 0 Å². The molecule has 144 valence electrons. The highest BCUT2D eigenvalue weighted by Gasteiger charge is 2.19. The fraction of sp³-hybridized carbons (Fsp3) is 0.0476. The summed E-state index contributed by atoms with van der Waals surface area (Å²) in [7, 11) is 0. The van der Waals surface area contributed by atoms with E-state index < -0.39 is 17.3 Å². The molecule has 8 heteroatoms. The summed E-state index contributed by atoms with van der Waals surface area (Å²) in [6.07, 6.45) is 0. The Hall–Kier alpha value is -3.65. The third-order valence-corrected chi connectivity index (χ3v) is 4.78. The zero-order valence-corrected chi connectivity index (χ0v) is 16.0. The van der Waals surface area contributed by atoms with Crippen LogP contribution in [0.5, 0.6) is 0 Å². The van der Waals surface area contributed by atoms with Crippen molar-refractivity contribution in [2.45, 2.75) is 6.92 Å². The fourth-order valence-corrected chi connectivity index (χ4v) is 3.46. The van der Waals surface area contributed by atoms with Gasteiger partial charge in [-0.1, -0.05) is 12.1 Å². The van der Waals surface area contributed by atoms with Crippen LogP contribution in [0.15, 0.2) is 59.4 Å². The van der Waals surface area contributed by atoms with Gasteiger partial charge in [0.05, 0.1) is 22.3 Å². The quantitative estimate of drug-likeness (QED) is 0.496. The van der Waals surface area contributed by atoms with Crippen LogP contribution in [0.3, 0.4) is 0 Å². The molecular formula is C21H14FN3O3S. The predicted molar refractivity (Wildman–Crippen MR) is 110 cm³/mol. The highest BCUT2D eigenvalue weighted by atomic mass is 32.1. The number of aromatic amines is 1. The molecule has 0 fully saturated rings.